The van der Waals surface area contributed by atoms with Gasteiger partial charge in [0.2, 0.25) is 0 Å². The average Bonchev–Trinajstić information content (AvgIpc) is 2.29. The standard InChI is InChI=1S/C14H18FNO2/c1-4-8-14(3,13(17)18-5-2)11-7-6-10(16)9-12(11)15/h4,6-7,9H,1,5,8,16H2,2-3H3. The summed E-state index contributed by atoms with van der Waals surface area (Å²) in [4.78, 5) is 12.0. The highest BCUT2D eigenvalue weighted by atomic mass is 19.1. The van der Waals surface area contributed by atoms with E-state index in [2.05, 4.69) is 6.58 Å². The maximum atomic E-state index is 13.9. The van der Waals surface area contributed by atoms with Crippen LogP contribution in [0.3, 0.4) is 0 Å². The van der Waals surface area contributed by atoms with Crippen LogP contribution in [0.4, 0.5) is 10.1 Å². The largest absolute Gasteiger partial charge is 0.465 e. The van der Waals surface area contributed by atoms with Crippen LogP contribution < -0.4 is 5.73 Å². The highest BCUT2D eigenvalue weighted by Gasteiger charge is 2.37. The van der Waals surface area contributed by atoms with E-state index in [9.17, 15) is 9.18 Å². The van der Waals surface area contributed by atoms with Crippen molar-refractivity contribution in [2.45, 2.75) is 25.7 Å². The van der Waals surface area contributed by atoms with Gasteiger partial charge < -0.3 is 10.5 Å². The maximum Gasteiger partial charge on any atom is 0.316 e. The van der Waals surface area contributed by atoms with Gasteiger partial charge in [0.15, 0.2) is 0 Å². The molecule has 3 nitrogen and oxygen atoms in total. The fourth-order valence-corrected chi connectivity index (χ4v) is 1.86. The predicted molar refractivity (Wildman–Crippen MR) is 69.6 cm³/mol. The Balaban J connectivity index is 3.25. The van der Waals surface area contributed by atoms with Crippen LogP contribution in [-0.2, 0) is 14.9 Å². The SMILES string of the molecule is C=CCC(C)(C(=O)OCC)c1ccc(N)cc1F. The third-order valence-electron chi connectivity index (χ3n) is 2.87. The molecule has 1 rings (SSSR count). The fourth-order valence-electron chi connectivity index (χ4n) is 1.86. The van der Waals surface area contributed by atoms with Crippen molar-refractivity contribution in [3.05, 3.63) is 42.2 Å². The highest BCUT2D eigenvalue weighted by Crippen LogP contribution is 2.32. The quantitative estimate of drug-likeness (QED) is 0.497. The minimum absolute atomic E-state index is 0.252. The Morgan fingerprint density at radius 2 is 2.28 bits per heavy atom. The highest BCUT2D eigenvalue weighted by molar-refractivity contribution is 5.83. The average molecular weight is 251 g/mol. The van der Waals surface area contributed by atoms with Gasteiger partial charge in [0.25, 0.3) is 0 Å². The van der Waals surface area contributed by atoms with E-state index in [1.807, 2.05) is 0 Å². The van der Waals surface area contributed by atoms with Gasteiger partial charge in [-0.05, 0) is 32.4 Å². The van der Waals surface area contributed by atoms with Crippen LogP contribution in [0.2, 0.25) is 0 Å². The molecule has 1 aromatic carbocycles. The number of halogens is 1. The van der Waals surface area contributed by atoms with Crippen molar-refractivity contribution in [3.63, 3.8) is 0 Å². The van der Waals surface area contributed by atoms with E-state index < -0.39 is 17.2 Å². The molecule has 1 atom stereocenters. The van der Waals surface area contributed by atoms with Gasteiger partial charge in [0.1, 0.15) is 5.82 Å². The Hall–Kier alpha value is -1.84. The first-order valence-corrected chi connectivity index (χ1v) is 5.79. The summed E-state index contributed by atoms with van der Waals surface area (Å²) in [5, 5.41) is 0. The van der Waals surface area contributed by atoms with Crippen LogP contribution in [0.1, 0.15) is 25.8 Å². The van der Waals surface area contributed by atoms with E-state index in [0.717, 1.165) is 0 Å². The first-order valence-electron chi connectivity index (χ1n) is 5.79. The molecule has 2 N–H and O–H groups in total. The Morgan fingerprint density at radius 3 is 2.78 bits per heavy atom. The molecule has 0 aromatic heterocycles. The van der Waals surface area contributed by atoms with Crippen molar-refractivity contribution in [1.82, 2.24) is 0 Å². The van der Waals surface area contributed by atoms with Gasteiger partial charge in [-0.1, -0.05) is 12.1 Å². The summed E-state index contributed by atoms with van der Waals surface area (Å²) in [5.41, 5.74) is 5.02. The summed E-state index contributed by atoms with van der Waals surface area (Å²) in [6.45, 7) is 7.21. The van der Waals surface area contributed by atoms with Crippen LogP contribution in [0, 0.1) is 5.82 Å². The van der Waals surface area contributed by atoms with Gasteiger partial charge in [-0.2, -0.15) is 0 Å². The second kappa shape index (κ2) is 5.67. The van der Waals surface area contributed by atoms with Crippen molar-refractivity contribution < 1.29 is 13.9 Å². The minimum atomic E-state index is -1.07. The van der Waals surface area contributed by atoms with Gasteiger partial charge in [-0.25, -0.2) is 4.39 Å². The van der Waals surface area contributed by atoms with Crippen molar-refractivity contribution >= 4 is 11.7 Å². The molecule has 4 heteroatoms. The lowest BCUT2D eigenvalue weighted by Crippen LogP contribution is -2.35. The third kappa shape index (κ3) is 2.70. The number of anilines is 1. The molecule has 0 radical (unpaired) electrons. The van der Waals surface area contributed by atoms with E-state index in [4.69, 9.17) is 10.5 Å². The van der Waals surface area contributed by atoms with E-state index in [1.54, 1.807) is 26.0 Å². The second-order valence-electron chi connectivity index (χ2n) is 4.28. The number of nitrogens with two attached hydrogens (primary N) is 1. The zero-order chi connectivity index (χ0) is 13.8. The molecule has 0 amide bonds. The number of ether oxygens (including phenoxy) is 1. The number of allylic oxidation sites excluding steroid dienone is 1. The molecule has 0 bridgehead atoms. The van der Waals surface area contributed by atoms with E-state index in [1.165, 1.54) is 12.1 Å². The maximum absolute atomic E-state index is 13.9. The van der Waals surface area contributed by atoms with Gasteiger partial charge in [-0.15, -0.1) is 6.58 Å². The van der Waals surface area contributed by atoms with E-state index >= 15 is 0 Å². The first-order chi connectivity index (χ1) is 8.45. The van der Waals surface area contributed by atoms with Crippen LogP contribution in [-0.4, -0.2) is 12.6 Å². The third-order valence-corrected chi connectivity index (χ3v) is 2.87. The predicted octanol–water partition coefficient (Wildman–Crippen LogP) is 2.80. The molecule has 0 saturated heterocycles. The number of nitrogen functional groups attached to an aromatic ring is 1. The van der Waals surface area contributed by atoms with E-state index in [0.29, 0.717) is 12.1 Å². The zero-order valence-corrected chi connectivity index (χ0v) is 10.7. The van der Waals surface area contributed by atoms with Gasteiger partial charge in [0.05, 0.1) is 12.0 Å². The number of rotatable bonds is 5. The Bertz CT molecular complexity index is 459. The van der Waals surface area contributed by atoms with Crippen LogP contribution in [0.25, 0.3) is 0 Å². The van der Waals surface area contributed by atoms with E-state index in [-0.39, 0.29) is 12.2 Å². The van der Waals surface area contributed by atoms with Gasteiger partial charge >= 0.3 is 5.97 Å². The molecular weight excluding hydrogens is 233 g/mol. The molecule has 0 heterocycles. The lowest BCUT2D eigenvalue weighted by Gasteiger charge is -2.27. The number of esters is 1. The van der Waals surface area contributed by atoms with Crippen molar-refractivity contribution in [1.29, 1.82) is 0 Å². The number of benzene rings is 1. The molecule has 0 spiro atoms. The molecule has 1 unspecified atom stereocenters. The Morgan fingerprint density at radius 1 is 1.61 bits per heavy atom. The Kier molecular flexibility index (Phi) is 4.48. The van der Waals surface area contributed by atoms with Crippen molar-refractivity contribution in [2.75, 3.05) is 12.3 Å². The molecule has 0 fully saturated rings. The molecular formula is C14H18FNO2. The lowest BCUT2D eigenvalue weighted by atomic mass is 9.79. The summed E-state index contributed by atoms with van der Waals surface area (Å²) in [7, 11) is 0. The normalized spacial score (nSPS) is 13.7. The molecule has 1 aromatic rings. The number of hydrogen-bond donors (Lipinski definition) is 1. The van der Waals surface area contributed by atoms with Gasteiger partial charge in [-0.3, -0.25) is 4.79 Å². The molecule has 0 aliphatic rings. The summed E-state index contributed by atoms with van der Waals surface area (Å²) in [6.07, 6.45) is 1.87. The summed E-state index contributed by atoms with van der Waals surface area (Å²) in [6, 6.07) is 4.29. The zero-order valence-electron chi connectivity index (χ0n) is 10.7. The summed E-state index contributed by atoms with van der Waals surface area (Å²) >= 11 is 0. The fraction of sp³-hybridized carbons (Fsp3) is 0.357. The molecule has 18 heavy (non-hydrogen) atoms. The molecule has 98 valence electrons. The first kappa shape index (κ1) is 14.2. The molecule has 0 aliphatic carbocycles. The van der Waals surface area contributed by atoms with Crippen LogP contribution in [0.15, 0.2) is 30.9 Å². The Labute approximate surface area is 106 Å². The summed E-state index contributed by atoms with van der Waals surface area (Å²) in [5.74, 6) is -0.971. The monoisotopic (exact) mass is 251 g/mol. The number of carbonyl (C=O) groups is 1. The van der Waals surface area contributed by atoms with Crippen LogP contribution in [0.5, 0.6) is 0 Å². The lowest BCUT2D eigenvalue weighted by molar-refractivity contribution is -0.149. The molecule has 0 saturated carbocycles. The summed E-state index contributed by atoms with van der Waals surface area (Å²) < 4.78 is 19.0. The smallest absolute Gasteiger partial charge is 0.316 e. The van der Waals surface area contributed by atoms with Gasteiger partial charge in [0, 0.05) is 11.3 Å². The van der Waals surface area contributed by atoms with Crippen molar-refractivity contribution in [2.24, 2.45) is 0 Å². The van der Waals surface area contributed by atoms with Crippen LogP contribution >= 0.6 is 0 Å². The molecule has 0 aliphatic heterocycles. The second-order valence-corrected chi connectivity index (χ2v) is 4.28. The van der Waals surface area contributed by atoms with Crippen molar-refractivity contribution in [3.8, 4) is 0 Å². The number of hydrogen-bond acceptors (Lipinski definition) is 3. The minimum Gasteiger partial charge on any atom is -0.465 e. The number of carbonyl (C=O) groups excluding carboxylic acids is 1. The topological polar surface area (TPSA) is 52.3 Å².